The third kappa shape index (κ3) is 6.93. The van der Waals surface area contributed by atoms with Crippen molar-refractivity contribution in [1.82, 2.24) is 10.2 Å². The molecular weight excluding hydrogens is 627 g/mol. The van der Waals surface area contributed by atoms with Gasteiger partial charge in [-0.05, 0) is 60.5 Å². The highest BCUT2D eigenvalue weighted by atomic mass is 79.9. The number of nitrogens with zero attached hydrogens (tertiary/aromatic N) is 2. The Morgan fingerprint density at radius 1 is 1.00 bits per heavy atom. The van der Waals surface area contributed by atoms with Crippen LogP contribution in [0.25, 0.3) is 0 Å². The van der Waals surface area contributed by atoms with Crippen molar-refractivity contribution in [3.8, 4) is 0 Å². The fraction of sp³-hybridized carbons (Fsp3) is 0.259. The van der Waals surface area contributed by atoms with Gasteiger partial charge >= 0.3 is 0 Å². The number of benzene rings is 3. The normalized spacial score (nSPS) is 15.0. The van der Waals surface area contributed by atoms with E-state index in [0.29, 0.717) is 33.3 Å². The van der Waals surface area contributed by atoms with Gasteiger partial charge in [0.1, 0.15) is 6.04 Å². The molecule has 0 aromatic heterocycles. The van der Waals surface area contributed by atoms with Crippen LogP contribution in [0, 0.1) is 0 Å². The molecule has 0 radical (unpaired) electrons. The summed E-state index contributed by atoms with van der Waals surface area (Å²) in [5.41, 5.74) is 7.81. The molecule has 3 N–H and O–H groups in total. The van der Waals surface area contributed by atoms with Crippen LogP contribution in [0.1, 0.15) is 34.5 Å². The topological polar surface area (TPSA) is 113 Å². The maximum atomic E-state index is 13.0. The lowest BCUT2D eigenvalue weighted by Gasteiger charge is -2.48. The first kappa shape index (κ1) is 29.4. The average molecular weight is 654 g/mol. The number of nitrogens with one attached hydrogen (secondary N) is 1. The number of carbonyl (C=O) groups excluding carboxylic acids is 2. The maximum Gasteiger partial charge on any atom is 0.252 e. The summed E-state index contributed by atoms with van der Waals surface area (Å²) in [6, 6.07) is 18.4. The van der Waals surface area contributed by atoms with Crippen molar-refractivity contribution in [2.45, 2.75) is 25.0 Å². The molecule has 0 spiro atoms. The zero-order valence-electron chi connectivity index (χ0n) is 21.1. The van der Waals surface area contributed by atoms with Gasteiger partial charge in [0, 0.05) is 33.2 Å². The Morgan fingerprint density at radius 3 is 1.97 bits per heavy atom. The fourth-order valence-corrected chi connectivity index (χ4v) is 6.50. The molecule has 1 fully saturated rings. The van der Waals surface area contributed by atoms with Crippen molar-refractivity contribution < 1.29 is 18.0 Å². The van der Waals surface area contributed by atoms with E-state index in [4.69, 9.17) is 28.9 Å². The predicted molar refractivity (Wildman–Crippen MR) is 158 cm³/mol. The predicted octanol–water partition coefficient (Wildman–Crippen LogP) is 4.60. The number of hydrogen-bond donors (Lipinski definition) is 2. The van der Waals surface area contributed by atoms with Crippen LogP contribution in [0.5, 0.6) is 0 Å². The van der Waals surface area contributed by atoms with Gasteiger partial charge < -0.3 is 11.1 Å². The van der Waals surface area contributed by atoms with Crippen LogP contribution in [0.2, 0.25) is 10.0 Å². The molecule has 0 bridgehead atoms. The van der Waals surface area contributed by atoms with E-state index in [0.717, 1.165) is 17.4 Å². The Kier molecular flexibility index (Phi) is 8.92. The van der Waals surface area contributed by atoms with E-state index >= 15 is 0 Å². The number of primary amides is 1. The van der Waals surface area contributed by atoms with Crippen LogP contribution in [-0.2, 0) is 14.8 Å². The lowest BCUT2D eigenvalue weighted by atomic mass is 9.93. The summed E-state index contributed by atoms with van der Waals surface area (Å²) in [5.74, 6) is -1.22. The molecule has 1 heterocycles. The quantitative estimate of drug-likeness (QED) is 0.351. The van der Waals surface area contributed by atoms with E-state index in [1.807, 2.05) is 48.5 Å². The Bertz CT molecular complexity index is 1440. The smallest absolute Gasteiger partial charge is 0.252 e. The molecule has 2 amide bonds. The van der Waals surface area contributed by atoms with E-state index in [1.165, 1.54) is 17.3 Å². The number of hydrogen-bond acceptors (Lipinski definition) is 5. The molecule has 1 atom stereocenters. The summed E-state index contributed by atoms with van der Waals surface area (Å²) in [4.78, 5) is 26.3. The summed E-state index contributed by atoms with van der Waals surface area (Å²) in [6.45, 7) is 2.36. The van der Waals surface area contributed by atoms with Gasteiger partial charge in [-0.3, -0.25) is 18.8 Å². The van der Waals surface area contributed by atoms with E-state index in [1.54, 1.807) is 12.1 Å². The van der Waals surface area contributed by atoms with Crippen molar-refractivity contribution >= 4 is 66.7 Å². The summed E-state index contributed by atoms with van der Waals surface area (Å²) in [6.07, 6.45) is 1.14. The maximum absolute atomic E-state index is 13.0. The van der Waals surface area contributed by atoms with Crippen LogP contribution in [0.4, 0.5) is 5.69 Å². The minimum atomic E-state index is -3.72. The van der Waals surface area contributed by atoms with Crippen molar-refractivity contribution in [3.63, 3.8) is 0 Å². The number of sulfonamides is 1. The van der Waals surface area contributed by atoms with Gasteiger partial charge in [0.15, 0.2) is 0 Å². The molecule has 1 aliphatic heterocycles. The standard InChI is InChI=1S/C27H27BrCl2N4O4S/c1-16(26(31)35)32-27(36)19-11-20(28)13-23(12-19)34(39(2,37)38)24-14-33(15-24)25(17-3-7-21(29)8-4-17)18-5-9-22(30)10-6-18/h3-13,16,24-25H,14-15H2,1-2H3,(H2,31,35)(H,32,36)/t16-/m0/s1. The Labute approximate surface area is 246 Å². The number of anilines is 1. The molecule has 1 saturated heterocycles. The molecule has 4 rings (SSSR count). The molecule has 3 aromatic carbocycles. The number of carbonyl (C=O) groups is 2. The number of halogens is 3. The second kappa shape index (κ2) is 11.9. The first-order valence-electron chi connectivity index (χ1n) is 12.0. The third-order valence-corrected chi connectivity index (χ3v) is 8.68. The molecule has 0 saturated carbocycles. The molecule has 12 heteroatoms. The number of amides is 2. The SMILES string of the molecule is C[C@H](NC(=O)c1cc(Br)cc(N(C2CN(C(c3ccc(Cl)cc3)c3ccc(Cl)cc3)C2)S(C)(=O)=O)c1)C(N)=O. The molecule has 0 aliphatic carbocycles. The summed E-state index contributed by atoms with van der Waals surface area (Å²) in [7, 11) is -3.72. The molecule has 39 heavy (non-hydrogen) atoms. The van der Waals surface area contributed by atoms with Crippen molar-refractivity contribution in [2.75, 3.05) is 23.7 Å². The summed E-state index contributed by atoms with van der Waals surface area (Å²) >= 11 is 15.6. The molecule has 206 valence electrons. The summed E-state index contributed by atoms with van der Waals surface area (Å²) in [5, 5.41) is 3.77. The third-order valence-electron chi connectivity index (χ3n) is 6.49. The van der Waals surface area contributed by atoms with E-state index in [9.17, 15) is 18.0 Å². The van der Waals surface area contributed by atoms with Crippen LogP contribution >= 0.6 is 39.1 Å². The number of likely N-dealkylation sites (tertiary alicyclic amines) is 1. The largest absolute Gasteiger partial charge is 0.368 e. The lowest BCUT2D eigenvalue weighted by Crippen LogP contribution is -2.61. The van der Waals surface area contributed by atoms with Gasteiger partial charge in [-0.15, -0.1) is 0 Å². The molecule has 0 unspecified atom stereocenters. The highest BCUT2D eigenvalue weighted by Gasteiger charge is 2.41. The summed E-state index contributed by atoms with van der Waals surface area (Å²) < 4.78 is 27.9. The van der Waals surface area contributed by atoms with E-state index in [-0.39, 0.29) is 17.6 Å². The van der Waals surface area contributed by atoms with Gasteiger partial charge in [-0.25, -0.2) is 8.42 Å². The van der Waals surface area contributed by atoms with E-state index in [2.05, 4.69) is 26.1 Å². The van der Waals surface area contributed by atoms with Gasteiger partial charge in [-0.2, -0.15) is 0 Å². The lowest BCUT2D eigenvalue weighted by molar-refractivity contribution is -0.119. The molecular formula is C27H27BrCl2N4O4S. The number of rotatable bonds is 9. The van der Waals surface area contributed by atoms with Crippen LogP contribution in [0.15, 0.2) is 71.2 Å². The van der Waals surface area contributed by atoms with Crippen molar-refractivity contribution in [3.05, 3.63) is 97.9 Å². The highest BCUT2D eigenvalue weighted by Crippen LogP contribution is 2.37. The van der Waals surface area contributed by atoms with Gasteiger partial charge in [0.05, 0.1) is 24.0 Å². The molecule has 1 aliphatic rings. The second-order valence-corrected chi connectivity index (χ2v) is 13.1. The van der Waals surface area contributed by atoms with Crippen molar-refractivity contribution in [1.29, 1.82) is 0 Å². The average Bonchev–Trinajstić information content (AvgIpc) is 2.83. The monoisotopic (exact) mass is 652 g/mol. The fourth-order valence-electron chi connectivity index (χ4n) is 4.61. The van der Waals surface area contributed by atoms with Crippen LogP contribution in [0.3, 0.4) is 0 Å². The van der Waals surface area contributed by atoms with Crippen LogP contribution in [-0.4, -0.2) is 56.6 Å². The molecule has 3 aromatic rings. The minimum Gasteiger partial charge on any atom is -0.368 e. The second-order valence-electron chi connectivity index (χ2n) is 9.47. The van der Waals surface area contributed by atoms with Gasteiger partial charge in [0.25, 0.3) is 5.91 Å². The first-order valence-corrected chi connectivity index (χ1v) is 15.4. The minimum absolute atomic E-state index is 0.142. The molecule has 8 nitrogen and oxygen atoms in total. The first-order chi connectivity index (χ1) is 18.3. The number of nitrogens with two attached hydrogens (primary N) is 1. The van der Waals surface area contributed by atoms with Crippen molar-refractivity contribution in [2.24, 2.45) is 5.73 Å². The van der Waals surface area contributed by atoms with Gasteiger partial charge in [-0.1, -0.05) is 63.4 Å². The zero-order valence-corrected chi connectivity index (χ0v) is 25.1. The van der Waals surface area contributed by atoms with E-state index < -0.39 is 27.9 Å². The Morgan fingerprint density at radius 2 is 1.51 bits per heavy atom. The van der Waals surface area contributed by atoms with Crippen LogP contribution < -0.4 is 15.4 Å². The van der Waals surface area contributed by atoms with Gasteiger partial charge in [0.2, 0.25) is 15.9 Å². The highest BCUT2D eigenvalue weighted by molar-refractivity contribution is 9.10. The Balaban J connectivity index is 1.63. The zero-order chi connectivity index (χ0) is 28.5. The Hall–Kier alpha value is -2.63.